The molecule has 1 amide bonds. The molecule has 0 unspecified atom stereocenters. The Kier molecular flexibility index (Phi) is 6.48. The van der Waals surface area contributed by atoms with Crippen LogP contribution < -0.4 is 9.64 Å². The fourth-order valence-electron chi connectivity index (χ4n) is 3.54. The van der Waals surface area contributed by atoms with E-state index in [1.807, 2.05) is 74.8 Å². The Bertz CT molecular complexity index is 1260. The number of carbonyl (C=O) groups excluding carboxylic acids is 1. The Hall–Kier alpha value is -2.90. The zero-order valence-electron chi connectivity index (χ0n) is 18.6. The summed E-state index contributed by atoms with van der Waals surface area (Å²) in [4.78, 5) is 19.7. The van der Waals surface area contributed by atoms with Crippen LogP contribution in [0.2, 0.25) is 5.02 Å². The van der Waals surface area contributed by atoms with E-state index >= 15 is 0 Å². The molecule has 2 aromatic carbocycles. The molecule has 8 heteroatoms. The molecule has 0 atom stereocenters. The number of aryl methyl sites for hydroxylation is 4. The zero-order chi connectivity index (χ0) is 22.8. The summed E-state index contributed by atoms with van der Waals surface area (Å²) < 4.78 is 8.62. The molecule has 4 aromatic rings. The fourth-order valence-corrected chi connectivity index (χ4v) is 5.00. The molecule has 32 heavy (non-hydrogen) atoms. The molecule has 0 saturated carbocycles. The molecule has 2 aromatic heterocycles. The van der Waals surface area contributed by atoms with Crippen LogP contribution in [0.1, 0.15) is 22.5 Å². The predicted octanol–water partition coefficient (Wildman–Crippen LogP) is 5.49. The van der Waals surface area contributed by atoms with Gasteiger partial charge in [-0.15, -0.1) is 0 Å². The number of amides is 1. The van der Waals surface area contributed by atoms with Gasteiger partial charge < -0.3 is 4.74 Å². The standard InChI is InChI=1S/C24H25ClN4O2S/c1-15-5-7-20(8-6-15)31-14-22(30)28(9-10-29-18(4)12-17(3)27-29)24-26-23-16(2)11-19(25)13-21(23)32-24/h5-8,11-13H,9-10,14H2,1-4H3. The Morgan fingerprint density at radius 1 is 1.12 bits per heavy atom. The van der Waals surface area contributed by atoms with Crippen molar-refractivity contribution in [2.24, 2.45) is 0 Å². The van der Waals surface area contributed by atoms with Crippen molar-refractivity contribution in [2.45, 2.75) is 34.2 Å². The smallest absolute Gasteiger partial charge is 0.266 e. The van der Waals surface area contributed by atoms with Crippen LogP contribution in [-0.4, -0.2) is 33.8 Å². The highest BCUT2D eigenvalue weighted by atomic mass is 35.5. The molecule has 4 rings (SSSR count). The third-order valence-corrected chi connectivity index (χ3v) is 6.44. The predicted molar refractivity (Wildman–Crippen MR) is 130 cm³/mol. The number of anilines is 1. The second-order valence-electron chi connectivity index (χ2n) is 7.86. The van der Waals surface area contributed by atoms with E-state index in [9.17, 15) is 4.79 Å². The molecule has 0 N–H and O–H groups in total. The molecule has 0 aliphatic heterocycles. The van der Waals surface area contributed by atoms with Crippen molar-refractivity contribution >= 4 is 44.2 Å². The first kappa shape index (κ1) is 22.3. The van der Waals surface area contributed by atoms with E-state index in [-0.39, 0.29) is 12.5 Å². The lowest BCUT2D eigenvalue weighted by Gasteiger charge is -2.20. The summed E-state index contributed by atoms with van der Waals surface area (Å²) in [7, 11) is 0. The van der Waals surface area contributed by atoms with Gasteiger partial charge in [-0.1, -0.05) is 40.6 Å². The van der Waals surface area contributed by atoms with E-state index in [2.05, 4.69) is 5.10 Å². The van der Waals surface area contributed by atoms with Crippen LogP contribution in [0.5, 0.6) is 5.75 Å². The van der Waals surface area contributed by atoms with Crippen LogP contribution in [0.4, 0.5) is 5.13 Å². The van der Waals surface area contributed by atoms with E-state index in [0.717, 1.165) is 32.7 Å². The van der Waals surface area contributed by atoms with Gasteiger partial charge in [0.15, 0.2) is 11.7 Å². The second-order valence-corrected chi connectivity index (χ2v) is 9.31. The topological polar surface area (TPSA) is 60.2 Å². The number of halogens is 1. The monoisotopic (exact) mass is 468 g/mol. The first-order chi connectivity index (χ1) is 15.3. The molecular formula is C24H25ClN4O2S. The highest BCUT2D eigenvalue weighted by Gasteiger charge is 2.21. The maximum atomic E-state index is 13.2. The van der Waals surface area contributed by atoms with Gasteiger partial charge in [-0.2, -0.15) is 5.10 Å². The summed E-state index contributed by atoms with van der Waals surface area (Å²) in [6, 6.07) is 13.4. The van der Waals surface area contributed by atoms with Crippen molar-refractivity contribution in [2.75, 3.05) is 18.1 Å². The third-order valence-electron chi connectivity index (χ3n) is 5.19. The lowest BCUT2D eigenvalue weighted by molar-refractivity contribution is -0.120. The number of hydrogen-bond acceptors (Lipinski definition) is 5. The number of hydrogen-bond donors (Lipinski definition) is 0. The molecule has 166 valence electrons. The Balaban J connectivity index is 1.59. The lowest BCUT2D eigenvalue weighted by Crippen LogP contribution is -2.37. The summed E-state index contributed by atoms with van der Waals surface area (Å²) in [6.45, 7) is 8.88. The first-order valence-corrected chi connectivity index (χ1v) is 11.6. The SMILES string of the molecule is Cc1ccc(OCC(=O)N(CCn2nc(C)cc2C)c2nc3c(C)cc(Cl)cc3s2)cc1. The van der Waals surface area contributed by atoms with Crippen LogP contribution in [-0.2, 0) is 11.3 Å². The first-order valence-electron chi connectivity index (χ1n) is 10.4. The number of carbonyl (C=O) groups is 1. The summed E-state index contributed by atoms with van der Waals surface area (Å²) in [6.07, 6.45) is 0. The fraction of sp³-hybridized carbons (Fsp3) is 0.292. The van der Waals surface area contributed by atoms with Crippen LogP contribution >= 0.6 is 22.9 Å². The number of aromatic nitrogens is 3. The Labute approximate surface area is 196 Å². The van der Waals surface area contributed by atoms with Gasteiger partial charge in [-0.25, -0.2) is 4.98 Å². The number of ether oxygens (including phenoxy) is 1. The molecule has 2 heterocycles. The van der Waals surface area contributed by atoms with Crippen molar-refractivity contribution < 1.29 is 9.53 Å². The molecule has 0 bridgehead atoms. The minimum absolute atomic E-state index is 0.0736. The largest absolute Gasteiger partial charge is 0.484 e. The Morgan fingerprint density at radius 2 is 1.88 bits per heavy atom. The number of fused-ring (bicyclic) bond motifs is 1. The van der Waals surface area contributed by atoms with Gasteiger partial charge in [0.05, 0.1) is 22.5 Å². The maximum absolute atomic E-state index is 13.2. The van der Waals surface area contributed by atoms with Crippen molar-refractivity contribution in [3.63, 3.8) is 0 Å². The molecular weight excluding hydrogens is 444 g/mol. The van der Waals surface area contributed by atoms with Crippen molar-refractivity contribution in [1.29, 1.82) is 0 Å². The molecule has 6 nitrogen and oxygen atoms in total. The van der Waals surface area contributed by atoms with Gasteiger partial charge in [0.25, 0.3) is 5.91 Å². The van der Waals surface area contributed by atoms with E-state index in [0.29, 0.717) is 29.0 Å². The van der Waals surface area contributed by atoms with Gasteiger partial charge >= 0.3 is 0 Å². The van der Waals surface area contributed by atoms with Crippen LogP contribution in [0.15, 0.2) is 42.5 Å². The van der Waals surface area contributed by atoms with Gasteiger partial charge in [0.2, 0.25) is 0 Å². The summed E-state index contributed by atoms with van der Waals surface area (Å²) in [5, 5.41) is 5.81. The van der Waals surface area contributed by atoms with Crippen molar-refractivity contribution in [1.82, 2.24) is 14.8 Å². The van der Waals surface area contributed by atoms with Crippen LogP contribution in [0.25, 0.3) is 10.2 Å². The number of thiazole rings is 1. The molecule has 0 radical (unpaired) electrons. The summed E-state index contributed by atoms with van der Waals surface area (Å²) in [5.74, 6) is 0.504. The minimum Gasteiger partial charge on any atom is -0.484 e. The van der Waals surface area contributed by atoms with E-state index < -0.39 is 0 Å². The summed E-state index contributed by atoms with van der Waals surface area (Å²) >= 11 is 7.69. The van der Waals surface area contributed by atoms with Crippen LogP contribution in [0.3, 0.4) is 0 Å². The molecule has 0 fully saturated rings. The molecule has 0 aliphatic carbocycles. The number of benzene rings is 2. The molecule has 0 aliphatic rings. The van der Waals surface area contributed by atoms with E-state index in [1.165, 1.54) is 11.3 Å². The van der Waals surface area contributed by atoms with Gasteiger partial charge in [-0.05, 0) is 63.6 Å². The van der Waals surface area contributed by atoms with Crippen LogP contribution in [0, 0.1) is 27.7 Å². The van der Waals surface area contributed by atoms with E-state index in [4.69, 9.17) is 21.3 Å². The highest BCUT2D eigenvalue weighted by Crippen LogP contribution is 2.33. The molecule has 0 saturated heterocycles. The quantitative estimate of drug-likeness (QED) is 0.359. The lowest BCUT2D eigenvalue weighted by atomic mass is 10.2. The minimum atomic E-state index is -0.157. The normalized spacial score (nSPS) is 11.2. The zero-order valence-corrected chi connectivity index (χ0v) is 20.1. The van der Waals surface area contributed by atoms with E-state index in [1.54, 1.807) is 4.90 Å². The third kappa shape index (κ3) is 4.95. The van der Waals surface area contributed by atoms with Crippen molar-refractivity contribution in [3.8, 4) is 5.75 Å². The van der Waals surface area contributed by atoms with Gasteiger partial charge in [0, 0.05) is 17.3 Å². The second kappa shape index (κ2) is 9.30. The highest BCUT2D eigenvalue weighted by molar-refractivity contribution is 7.22. The van der Waals surface area contributed by atoms with Crippen molar-refractivity contribution in [3.05, 3.63) is 70.0 Å². The number of nitrogens with zero attached hydrogens (tertiary/aromatic N) is 4. The Morgan fingerprint density at radius 3 is 2.56 bits per heavy atom. The van der Waals surface area contributed by atoms with Gasteiger partial charge in [-0.3, -0.25) is 14.4 Å². The average Bonchev–Trinajstić information content (AvgIpc) is 3.30. The summed E-state index contributed by atoms with van der Waals surface area (Å²) in [5.41, 5.74) is 4.99. The molecule has 0 spiro atoms. The number of rotatable bonds is 7. The average molecular weight is 469 g/mol. The van der Waals surface area contributed by atoms with Gasteiger partial charge in [0.1, 0.15) is 5.75 Å². The maximum Gasteiger partial charge on any atom is 0.266 e.